The highest BCUT2D eigenvalue weighted by molar-refractivity contribution is 8.16. The molecule has 0 saturated carbocycles. The van der Waals surface area contributed by atoms with Crippen molar-refractivity contribution < 1.29 is 13.2 Å². The van der Waals surface area contributed by atoms with E-state index < -0.39 is 15.3 Å². The minimum atomic E-state index is -3.06. The minimum Gasteiger partial charge on any atom is -0.316 e. The molecule has 130 valence electrons. The number of carbonyl (C=O) groups is 1. The average Bonchev–Trinajstić information content (AvgIpc) is 2.90. The van der Waals surface area contributed by atoms with Gasteiger partial charge in [0.2, 0.25) is 0 Å². The number of benzene rings is 1. The monoisotopic (exact) mass is 386 g/mol. The molecule has 0 spiro atoms. The smallest absolute Gasteiger partial charge is 0.253 e. The summed E-state index contributed by atoms with van der Waals surface area (Å²) >= 11 is 7.33. The Morgan fingerprint density at radius 1 is 1.25 bits per heavy atom. The fourth-order valence-corrected chi connectivity index (χ4v) is 6.76. The van der Waals surface area contributed by atoms with Crippen LogP contribution in [0.2, 0.25) is 5.02 Å². The van der Waals surface area contributed by atoms with Crippen LogP contribution in [0.4, 0.5) is 5.69 Å². The van der Waals surface area contributed by atoms with Crippen LogP contribution in [0.15, 0.2) is 29.3 Å². The number of anilines is 1. The topological polar surface area (TPSA) is 66.8 Å². The van der Waals surface area contributed by atoms with Gasteiger partial charge in [0.05, 0.1) is 17.5 Å². The number of rotatable bonds is 1. The van der Waals surface area contributed by atoms with Crippen LogP contribution in [0.3, 0.4) is 0 Å². The fourth-order valence-electron chi connectivity index (χ4n) is 2.72. The lowest BCUT2D eigenvalue weighted by molar-refractivity contribution is -0.124. The third kappa shape index (κ3) is 3.48. The van der Waals surface area contributed by atoms with E-state index >= 15 is 0 Å². The maximum Gasteiger partial charge on any atom is 0.253 e. The first-order chi connectivity index (χ1) is 11.1. The molecule has 5 nitrogen and oxygen atoms in total. The van der Waals surface area contributed by atoms with E-state index in [0.29, 0.717) is 10.2 Å². The van der Waals surface area contributed by atoms with E-state index in [1.807, 2.05) is 37.8 Å². The van der Waals surface area contributed by atoms with E-state index in [4.69, 9.17) is 11.6 Å². The standard InChI is InChI=1S/C16H19ClN2O3S2/c1-16(2,3)14(20)18-15-19(11-6-4-10(17)5-7-11)12-8-24(21,22)9-13(12)23-15/h4-7,12-13H,8-9H2,1-3H3/t12-,13+/m1/s1. The molecule has 3 rings (SSSR count). The van der Waals surface area contributed by atoms with Crippen LogP contribution in [0.25, 0.3) is 0 Å². The second-order valence-corrected chi connectivity index (χ2v) is 10.9. The maximum atomic E-state index is 12.3. The van der Waals surface area contributed by atoms with Gasteiger partial charge in [-0.25, -0.2) is 8.42 Å². The normalized spacial score (nSPS) is 27.5. The summed E-state index contributed by atoms with van der Waals surface area (Å²) in [5.41, 5.74) is 0.222. The lowest BCUT2D eigenvalue weighted by Gasteiger charge is -2.25. The van der Waals surface area contributed by atoms with Crippen molar-refractivity contribution in [1.29, 1.82) is 0 Å². The Kier molecular flexibility index (Phi) is 4.47. The second-order valence-electron chi connectivity index (χ2n) is 7.10. The predicted molar refractivity (Wildman–Crippen MR) is 99.6 cm³/mol. The number of amidine groups is 1. The van der Waals surface area contributed by atoms with E-state index in [2.05, 4.69) is 4.99 Å². The Balaban J connectivity index is 2.01. The maximum absolute atomic E-state index is 12.3. The molecule has 2 fully saturated rings. The number of hydrogen-bond donors (Lipinski definition) is 0. The summed E-state index contributed by atoms with van der Waals surface area (Å²) in [6, 6.07) is 6.96. The van der Waals surface area contributed by atoms with E-state index in [9.17, 15) is 13.2 Å². The Bertz CT molecular complexity index is 798. The van der Waals surface area contributed by atoms with Gasteiger partial charge >= 0.3 is 0 Å². The molecule has 2 saturated heterocycles. The van der Waals surface area contributed by atoms with Crippen molar-refractivity contribution in [2.45, 2.75) is 32.1 Å². The number of carbonyl (C=O) groups excluding carboxylic acids is 1. The lowest BCUT2D eigenvalue weighted by atomic mass is 9.96. The van der Waals surface area contributed by atoms with Crippen LogP contribution in [0.1, 0.15) is 20.8 Å². The van der Waals surface area contributed by atoms with Crippen LogP contribution in [0, 0.1) is 5.41 Å². The zero-order chi connectivity index (χ0) is 17.7. The number of halogens is 1. The summed E-state index contributed by atoms with van der Waals surface area (Å²) in [7, 11) is -3.06. The highest BCUT2D eigenvalue weighted by Crippen LogP contribution is 2.41. The molecule has 2 atom stereocenters. The Morgan fingerprint density at radius 2 is 1.88 bits per heavy atom. The molecule has 1 aromatic rings. The van der Waals surface area contributed by atoms with Gasteiger partial charge in [-0.15, -0.1) is 0 Å². The fraction of sp³-hybridized carbons (Fsp3) is 0.500. The van der Waals surface area contributed by atoms with Gasteiger partial charge in [-0.2, -0.15) is 4.99 Å². The molecule has 2 aliphatic rings. The first kappa shape index (κ1) is 17.8. The van der Waals surface area contributed by atoms with Gasteiger partial charge < -0.3 is 4.90 Å². The van der Waals surface area contributed by atoms with Crippen molar-refractivity contribution >= 4 is 50.0 Å². The van der Waals surface area contributed by atoms with Gasteiger partial charge in [-0.05, 0) is 24.3 Å². The molecule has 2 heterocycles. The SMILES string of the molecule is CC(C)(C)C(=O)N=C1S[C@H]2CS(=O)(=O)C[C@H]2N1c1ccc(Cl)cc1. The number of aliphatic imine (C=N–C) groups is 1. The summed E-state index contributed by atoms with van der Waals surface area (Å²) in [6.07, 6.45) is 0. The number of nitrogens with zero attached hydrogens (tertiary/aromatic N) is 2. The van der Waals surface area contributed by atoms with Crippen molar-refractivity contribution in [2.75, 3.05) is 16.4 Å². The van der Waals surface area contributed by atoms with Crippen LogP contribution in [-0.4, -0.2) is 42.3 Å². The van der Waals surface area contributed by atoms with E-state index in [0.717, 1.165) is 5.69 Å². The average molecular weight is 387 g/mol. The van der Waals surface area contributed by atoms with Crippen molar-refractivity contribution in [2.24, 2.45) is 10.4 Å². The van der Waals surface area contributed by atoms with Crippen LogP contribution in [-0.2, 0) is 14.6 Å². The van der Waals surface area contributed by atoms with Crippen LogP contribution < -0.4 is 4.90 Å². The third-order valence-electron chi connectivity index (χ3n) is 4.01. The molecule has 0 aromatic heterocycles. The summed E-state index contributed by atoms with van der Waals surface area (Å²) < 4.78 is 24.0. The molecule has 0 bridgehead atoms. The largest absolute Gasteiger partial charge is 0.316 e. The number of amides is 1. The molecule has 0 radical (unpaired) electrons. The van der Waals surface area contributed by atoms with E-state index in [1.54, 1.807) is 12.1 Å². The number of thioether (sulfide) groups is 1. The van der Waals surface area contributed by atoms with Gasteiger partial charge in [0, 0.05) is 21.4 Å². The number of fused-ring (bicyclic) bond motifs is 1. The predicted octanol–water partition coefficient (Wildman–Crippen LogP) is 2.99. The highest BCUT2D eigenvalue weighted by atomic mass is 35.5. The highest BCUT2D eigenvalue weighted by Gasteiger charge is 2.49. The van der Waals surface area contributed by atoms with Gasteiger partial charge in [-0.1, -0.05) is 44.1 Å². The second kappa shape index (κ2) is 6.04. The molecule has 2 aliphatic heterocycles. The van der Waals surface area contributed by atoms with E-state index in [1.165, 1.54) is 11.8 Å². The van der Waals surface area contributed by atoms with Crippen molar-refractivity contribution in [3.8, 4) is 0 Å². The number of hydrogen-bond acceptors (Lipinski definition) is 4. The summed E-state index contributed by atoms with van der Waals surface area (Å²) in [4.78, 5) is 18.5. The third-order valence-corrected chi connectivity index (χ3v) is 7.47. The Morgan fingerprint density at radius 3 is 2.46 bits per heavy atom. The molecular weight excluding hydrogens is 368 g/mol. The first-order valence-corrected chi connectivity index (χ1v) is 10.7. The molecule has 0 unspecified atom stereocenters. The van der Waals surface area contributed by atoms with Gasteiger partial charge in [0.15, 0.2) is 15.0 Å². The van der Waals surface area contributed by atoms with E-state index in [-0.39, 0.29) is 28.7 Å². The summed E-state index contributed by atoms with van der Waals surface area (Å²) in [6.45, 7) is 5.45. The van der Waals surface area contributed by atoms with Gasteiger partial charge in [0.25, 0.3) is 5.91 Å². The number of sulfone groups is 1. The summed E-state index contributed by atoms with van der Waals surface area (Å²) in [5, 5.41) is 1.07. The Hall–Kier alpha value is -1.05. The van der Waals surface area contributed by atoms with Crippen molar-refractivity contribution in [1.82, 2.24) is 0 Å². The molecule has 1 aromatic carbocycles. The van der Waals surface area contributed by atoms with Crippen molar-refractivity contribution in [3.63, 3.8) is 0 Å². The molecular formula is C16H19ClN2O3S2. The zero-order valence-corrected chi connectivity index (χ0v) is 16.1. The zero-order valence-electron chi connectivity index (χ0n) is 13.7. The molecule has 8 heteroatoms. The first-order valence-electron chi connectivity index (χ1n) is 7.62. The Labute approximate surface area is 151 Å². The molecule has 24 heavy (non-hydrogen) atoms. The molecule has 0 aliphatic carbocycles. The van der Waals surface area contributed by atoms with Crippen LogP contribution in [0.5, 0.6) is 0 Å². The molecule has 1 amide bonds. The summed E-state index contributed by atoms with van der Waals surface area (Å²) in [5.74, 6) is -0.0164. The van der Waals surface area contributed by atoms with Crippen LogP contribution >= 0.6 is 23.4 Å². The van der Waals surface area contributed by atoms with Crippen molar-refractivity contribution in [3.05, 3.63) is 29.3 Å². The van der Waals surface area contributed by atoms with Gasteiger partial charge in [0.1, 0.15) is 0 Å². The quantitative estimate of drug-likeness (QED) is 0.742. The molecule has 0 N–H and O–H groups in total. The van der Waals surface area contributed by atoms with Gasteiger partial charge in [-0.3, -0.25) is 4.79 Å². The minimum absolute atomic E-state index is 0.0794. The lowest BCUT2D eigenvalue weighted by Crippen LogP contribution is -2.38.